The van der Waals surface area contributed by atoms with E-state index in [1.165, 1.54) is 0 Å². The number of hydrogen-bond donors (Lipinski definition) is 1. The fourth-order valence-electron chi connectivity index (χ4n) is 1.94. The standard InChI is InChI=1S/C15H19IN4O2/c1-4-21-13-7-11(6-12(16)14(13)22-5-2)8-18-20-9-10(3)19-15(20)17/h6-9H,4-5H2,1-3H3,(H2,17,19). The van der Waals surface area contributed by atoms with E-state index in [0.717, 1.165) is 20.6 Å². The van der Waals surface area contributed by atoms with Crippen molar-refractivity contribution in [2.24, 2.45) is 5.10 Å². The van der Waals surface area contributed by atoms with Gasteiger partial charge in [0.2, 0.25) is 5.95 Å². The topological polar surface area (TPSA) is 74.7 Å². The van der Waals surface area contributed by atoms with Gasteiger partial charge in [-0.2, -0.15) is 5.10 Å². The molecule has 118 valence electrons. The zero-order chi connectivity index (χ0) is 16.1. The molecule has 0 aliphatic heterocycles. The first-order valence-electron chi connectivity index (χ1n) is 7.00. The maximum Gasteiger partial charge on any atom is 0.221 e. The molecule has 7 heteroatoms. The van der Waals surface area contributed by atoms with E-state index in [4.69, 9.17) is 15.2 Å². The van der Waals surface area contributed by atoms with Gasteiger partial charge < -0.3 is 15.2 Å². The SMILES string of the molecule is CCOc1cc(C=Nn2cc(C)nc2N)cc(I)c1OCC. The molecule has 0 aliphatic rings. The summed E-state index contributed by atoms with van der Waals surface area (Å²) in [5.74, 6) is 1.84. The van der Waals surface area contributed by atoms with Crippen molar-refractivity contribution in [1.82, 2.24) is 9.66 Å². The Morgan fingerprint density at radius 2 is 2.05 bits per heavy atom. The molecule has 1 aromatic heterocycles. The lowest BCUT2D eigenvalue weighted by atomic mass is 10.2. The van der Waals surface area contributed by atoms with Crippen LogP contribution in [0.25, 0.3) is 0 Å². The van der Waals surface area contributed by atoms with E-state index in [1.807, 2.05) is 32.9 Å². The molecule has 22 heavy (non-hydrogen) atoms. The Morgan fingerprint density at radius 3 is 2.64 bits per heavy atom. The third-order valence-corrected chi connectivity index (χ3v) is 3.59. The number of aryl methyl sites for hydroxylation is 1. The largest absolute Gasteiger partial charge is 0.490 e. The summed E-state index contributed by atoms with van der Waals surface area (Å²) >= 11 is 2.23. The Kier molecular flexibility index (Phi) is 5.64. The van der Waals surface area contributed by atoms with Crippen molar-refractivity contribution in [3.63, 3.8) is 0 Å². The van der Waals surface area contributed by atoms with E-state index in [1.54, 1.807) is 17.1 Å². The smallest absolute Gasteiger partial charge is 0.221 e. The second-order valence-corrected chi connectivity index (χ2v) is 5.69. The average molecular weight is 414 g/mol. The van der Waals surface area contributed by atoms with Gasteiger partial charge in [0.1, 0.15) is 0 Å². The lowest BCUT2D eigenvalue weighted by molar-refractivity contribution is 0.286. The Bertz CT molecular complexity index is 682. The summed E-state index contributed by atoms with van der Waals surface area (Å²) in [6, 6.07) is 3.89. The maximum absolute atomic E-state index is 5.77. The summed E-state index contributed by atoms with van der Waals surface area (Å²) in [7, 11) is 0. The summed E-state index contributed by atoms with van der Waals surface area (Å²) in [6.07, 6.45) is 3.49. The Labute approximate surface area is 143 Å². The van der Waals surface area contributed by atoms with Gasteiger partial charge in [-0.05, 0) is 61.1 Å². The van der Waals surface area contributed by atoms with Crippen molar-refractivity contribution >= 4 is 34.8 Å². The molecule has 0 bridgehead atoms. The average Bonchev–Trinajstić information content (AvgIpc) is 2.79. The molecular weight excluding hydrogens is 395 g/mol. The van der Waals surface area contributed by atoms with Crippen LogP contribution in [0.1, 0.15) is 25.1 Å². The van der Waals surface area contributed by atoms with Gasteiger partial charge in [0, 0.05) is 0 Å². The molecule has 2 aromatic rings. The molecule has 0 spiro atoms. The normalized spacial score (nSPS) is 11.1. The van der Waals surface area contributed by atoms with Gasteiger partial charge in [-0.25, -0.2) is 9.66 Å². The second-order valence-electron chi connectivity index (χ2n) is 4.53. The molecule has 0 aliphatic carbocycles. The predicted molar refractivity (Wildman–Crippen MR) is 95.9 cm³/mol. The van der Waals surface area contributed by atoms with E-state index in [-0.39, 0.29) is 0 Å². The number of nitrogens with zero attached hydrogens (tertiary/aromatic N) is 3. The molecule has 0 radical (unpaired) electrons. The summed E-state index contributed by atoms with van der Waals surface area (Å²) in [4.78, 5) is 4.11. The molecule has 6 nitrogen and oxygen atoms in total. The lowest BCUT2D eigenvalue weighted by Crippen LogP contribution is -2.02. The number of anilines is 1. The second kappa shape index (κ2) is 7.48. The molecule has 2 rings (SSSR count). The number of nitrogens with two attached hydrogens (primary N) is 1. The van der Waals surface area contributed by atoms with Crippen LogP contribution < -0.4 is 15.2 Å². The third kappa shape index (κ3) is 3.90. The molecule has 2 N–H and O–H groups in total. The van der Waals surface area contributed by atoms with Crippen LogP contribution in [0.3, 0.4) is 0 Å². The first-order valence-corrected chi connectivity index (χ1v) is 8.08. The fraction of sp³-hybridized carbons (Fsp3) is 0.333. The molecule has 1 heterocycles. The number of halogens is 1. The van der Waals surface area contributed by atoms with Gasteiger partial charge >= 0.3 is 0 Å². The zero-order valence-corrected chi connectivity index (χ0v) is 15.0. The van der Waals surface area contributed by atoms with Crippen LogP contribution in [0.2, 0.25) is 0 Å². The monoisotopic (exact) mass is 414 g/mol. The molecule has 0 unspecified atom stereocenters. The van der Waals surface area contributed by atoms with Gasteiger partial charge in [0.25, 0.3) is 0 Å². The molecule has 0 amide bonds. The number of aromatic nitrogens is 2. The van der Waals surface area contributed by atoms with E-state index < -0.39 is 0 Å². The number of nitrogen functional groups attached to an aromatic ring is 1. The molecule has 0 fully saturated rings. The van der Waals surface area contributed by atoms with E-state index in [9.17, 15) is 0 Å². The zero-order valence-electron chi connectivity index (χ0n) is 12.8. The highest BCUT2D eigenvalue weighted by molar-refractivity contribution is 14.1. The Morgan fingerprint density at radius 1 is 1.32 bits per heavy atom. The number of hydrogen-bond acceptors (Lipinski definition) is 5. The third-order valence-electron chi connectivity index (χ3n) is 2.79. The first-order chi connectivity index (χ1) is 10.5. The molecule has 0 atom stereocenters. The van der Waals surface area contributed by atoms with Crippen LogP contribution in [-0.2, 0) is 0 Å². The minimum absolute atomic E-state index is 0.361. The molecule has 1 aromatic carbocycles. The summed E-state index contributed by atoms with van der Waals surface area (Å²) in [6.45, 7) is 6.93. The van der Waals surface area contributed by atoms with Crippen molar-refractivity contribution in [3.8, 4) is 11.5 Å². The van der Waals surface area contributed by atoms with Crippen LogP contribution in [0.15, 0.2) is 23.4 Å². The first kappa shape index (κ1) is 16.6. The Hall–Kier alpha value is -1.77. The highest BCUT2D eigenvalue weighted by Crippen LogP contribution is 2.33. The van der Waals surface area contributed by atoms with Gasteiger partial charge in [0.05, 0.1) is 34.9 Å². The van der Waals surface area contributed by atoms with Crippen LogP contribution in [0.4, 0.5) is 5.95 Å². The number of imidazole rings is 1. The quantitative estimate of drug-likeness (QED) is 0.583. The molecule has 0 saturated carbocycles. The van der Waals surface area contributed by atoms with Crippen LogP contribution in [0.5, 0.6) is 11.5 Å². The maximum atomic E-state index is 5.77. The van der Waals surface area contributed by atoms with Crippen LogP contribution in [-0.4, -0.2) is 29.1 Å². The van der Waals surface area contributed by atoms with Gasteiger partial charge in [-0.15, -0.1) is 0 Å². The summed E-state index contributed by atoms with van der Waals surface area (Å²) < 4.78 is 13.8. The Balaban J connectivity index is 2.33. The number of benzene rings is 1. The highest BCUT2D eigenvalue weighted by atomic mass is 127. The van der Waals surface area contributed by atoms with Crippen molar-refractivity contribution in [1.29, 1.82) is 0 Å². The van der Waals surface area contributed by atoms with Crippen molar-refractivity contribution in [2.75, 3.05) is 18.9 Å². The van der Waals surface area contributed by atoms with E-state index in [0.29, 0.717) is 24.9 Å². The van der Waals surface area contributed by atoms with Gasteiger partial charge in [-0.1, -0.05) is 0 Å². The summed E-state index contributed by atoms with van der Waals surface area (Å²) in [5.41, 5.74) is 7.50. The minimum atomic E-state index is 0.361. The minimum Gasteiger partial charge on any atom is -0.490 e. The van der Waals surface area contributed by atoms with Gasteiger partial charge in [0.15, 0.2) is 11.5 Å². The number of rotatable bonds is 6. The van der Waals surface area contributed by atoms with E-state index in [2.05, 4.69) is 32.7 Å². The number of ether oxygens (including phenoxy) is 2. The predicted octanol–water partition coefficient (Wildman–Crippen LogP) is 3.06. The lowest BCUT2D eigenvalue weighted by Gasteiger charge is -2.13. The van der Waals surface area contributed by atoms with Crippen LogP contribution >= 0.6 is 22.6 Å². The molecular formula is C15H19IN4O2. The van der Waals surface area contributed by atoms with Crippen molar-refractivity contribution < 1.29 is 9.47 Å². The van der Waals surface area contributed by atoms with Crippen molar-refractivity contribution in [2.45, 2.75) is 20.8 Å². The van der Waals surface area contributed by atoms with Crippen molar-refractivity contribution in [3.05, 3.63) is 33.2 Å². The highest BCUT2D eigenvalue weighted by Gasteiger charge is 2.11. The van der Waals surface area contributed by atoms with E-state index >= 15 is 0 Å². The molecule has 0 saturated heterocycles. The summed E-state index contributed by atoms with van der Waals surface area (Å²) in [5, 5.41) is 4.32. The fourth-order valence-corrected chi connectivity index (χ4v) is 2.72. The van der Waals surface area contributed by atoms with Crippen LogP contribution in [0, 0.1) is 10.5 Å². The van der Waals surface area contributed by atoms with Gasteiger partial charge in [-0.3, -0.25) is 0 Å².